The van der Waals surface area contributed by atoms with Gasteiger partial charge in [-0.25, -0.2) is 4.79 Å². The maximum Gasteiger partial charge on any atom is 0.326 e. The molecule has 118 valence electrons. The molecule has 0 aliphatic heterocycles. The highest BCUT2D eigenvalue weighted by atomic mass is 16.1. The fraction of sp³-hybridized carbons (Fsp3) is 0.412. The molecule has 2 aromatic rings. The van der Waals surface area contributed by atoms with Gasteiger partial charge < -0.3 is 9.88 Å². The summed E-state index contributed by atoms with van der Waals surface area (Å²) in [6.07, 6.45) is 4.43. The molecule has 1 N–H and O–H groups in total. The van der Waals surface area contributed by atoms with Crippen LogP contribution in [0.3, 0.4) is 0 Å². The zero-order valence-electron chi connectivity index (χ0n) is 13.2. The molecule has 0 spiro atoms. The van der Waals surface area contributed by atoms with Gasteiger partial charge in [-0.05, 0) is 25.3 Å². The number of nitrogens with one attached hydrogen (secondary N) is 1. The summed E-state index contributed by atoms with van der Waals surface area (Å²) in [6.45, 7) is 5.46. The molecule has 1 aromatic carbocycles. The molecule has 1 heterocycles. The van der Waals surface area contributed by atoms with Gasteiger partial charge in [0.05, 0.1) is 5.69 Å². The second-order valence-corrected chi connectivity index (χ2v) is 5.53. The SMILES string of the molecule is CCCN(C=O)CCC(C)n1cc(-c2ccccc2)[nH]c1=O. The van der Waals surface area contributed by atoms with Crippen molar-refractivity contribution in [2.75, 3.05) is 13.1 Å². The van der Waals surface area contributed by atoms with Crippen LogP contribution in [-0.2, 0) is 4.79 Å². The van der Waals surface area contributed by atoms with Crippen molar-refractivity contribution in [3.05, 3.63) is 47.0 Å². The molecule has 0 radical (unpaired) electrons. The van der Waals surface area contributed by atoms with E-state index in [1.54, 1.807) is 9.47 Å². The zero-order valence-corrected chi connectivity index (χ0v) is 13.2. The molecule has 1 unspecified atom stereocenters. The van der Waals surface area contributed by atoms with Gasteiger partial charge in [0.25, 0.3) is 0 Å². The van der Waals surface area contributed by atoms with E-state index in [0.29, 0.717) is 6.54 Å². The average molecular weight is 301 g/mol. The maximum absolute atomic E-state index is 12.1. The minimum atomic E-state index is -0.112. The van der Waals surface area contributed by atoms with Crippen LogP contribution in [0.2, 0.25) is 0 Å². The molecule has 0 fully saturated rings. The van der Waals surface area contributed by atoms with Crippen LogP contribution in [-0.4, -0.2) is 34.0 Å². The van der Waals surface area contributed by atoms with Crippen LogP contribution in [0.15, 0.2) is 41.3 Å². The van der Waals surface area contributed by atoms with Crippen molar-refractivity contribution in [3.63, 3.8) is 0 Å². The topological polar surface area (TPSA) is 58.1 Å². The Morgan fingerprint density at radius 2 is 2.00 bits per heavy atom. The third-order valence-electron chi connectivity index (χ3n) is 3.80. The van der Waals surface area contributed by atoms with Gasteiger partial charge in [0.2, 0.25) is 6.41 Å². The van der Waals surface area contributed by atoms with Crippen molar-refractivity contribution in [1.29, 1.82) is 0 Å². The number of imidazole rings is 1. The van der Waals surface area contributed by atoms with Crippen LogP contribution < -0.4 is 5.69 Å². The quantitative estimate of drug-likeness (QED) is 0.762. The van der Waals surface area contributed by atoms with Gasteiger partial charge in [0, 0.05) is 25.3 Å². The molecule has 0 aliphatic rings. The van der Waals surface area contributed by atoms with E-state index in [0.717, 1.165) is 37.1 Å². The predicted molar refractivity (Wildman–Crippen MR) is 87.7 cm³/mol. The van der Waals surface area contributed by atoms with Crippen molar-refractivity contribution >= 4 is 6.41 Å². The first kappa shape index (κ1) is 16.1. The molecule has 5 nitrogen and oxygen atoms in total. The Morgan fingerprint density at radius 3 is 2.64 bits per heavy atom. The Hall–Kier alpha value is -2.30. The Bertz CT molecular complexity index is 645. The van der Waals surface area contributed by atoms with Crippen molar-refractivity contribution in [2.45, 2.75) is 32.7 Å². The summed E-state index contributed by atoms with van der Waals surface area (Å²) in [5.41, 5.74) is 1.70. The zero-order chi connectivity index (χ0) is 15.9. The van der Waals surface area contributed by atoms with Crippen molar-refractivity contribution in [1.82, 2.24) is 14.5 Å². The standard InChI is InChI=1S/C17H23N3O2/c1-3-10-19(13-21)11-9-14(2)20-12-16(18-17(20)22)15-7-5-4-6-8-15/h4-8,12-14H,3,9-11H2,1-2H3,(H,18,22). The Labute approximate surface area is 130 Å². The summed E-state index contributed by atoms with van der Waals surface area (Å²) in [5, 5.41) is 0. The smallest absolute Gasteiger partial charge is 0.326 e. The molecule has 22 heavy (non-hydrogen) atoms. The van der Waals surface area contributed by atoms with Gasteiger partial charge in [-0.3, -0.25) is 9.36 Å². The summed E-state index contributed by atoms with van der Waals surface area (Å²) < 4.78 is 1.71. The van der Waals surface area contributed by atoms with E-state index in [2.05, 4.69) is 4.98 Å². The number of H-pyrrole nitrogens is 1. The summed E-state index contributed by atoms with van der Waals surface area (Å²) in [4.78, 5) is 27.7. The van der Waals surface area contributed by atoms with Crippen LogP contribution in [0.1, 0.15) is 32.7 Å². The maximum atomic E-state index is 12.1. The highest BCUT2D eigenvalue weighted by Crippen LogP contribution is 2.17. The minimum Gasteiger partial charge on any atom is -0.345 e. The fourth-order valence-corrected chi connectivity index (χ4v) is 2.50. The lowest BCUT2D eigenvalue weighted by Gasteiger charge is -2.19. The first-order chi connectivity index (χ1) is 10.7. The first-order valence-electron chi connectivity index (χ1n) is 7.71. The molecule has 0 saturated heterocycles. The predicted octanol–water partition coefficient (Wildman–Crippen LogP) is 2.66. The lowest BCUT2D eigenvalue weighted by Crippen LogP contribution is -2.27. The highest BCUT2D eigenvalue weighted by molar-refractivity contribution is 5.57. The number of aromatic amines is 1. The van der Waals surface area contributed by atoms with Crippen molar-refractivity contribution in [2.24, 2.45) is 0 Å². The number of nitrogens with zero attached hydrogens (tertiary/aromatic N) is 2. The summed E-state index contributed by atoms with van der Waals surface area (Å²) in [6, 6.07) is 9.82. The number of rotatable bonds is 8. The average Bonchev–Trinajstić information content (AvgIpc) is 2.94. The molecule has 0 saturated carbocycles. The number of carbonyl (C=O) groups is 1. The monoisotopic (exact) mass is 301 g/mol. The Kier molecular flexibility index (Phi) is 5.58. The van der Waals surface area contributed by atoms with Crippen molar-refractivity contribution < 1.29 is 4.79 Å². The van der Waals surface area contributed by atoms with Gasteiger partial charge in [-0.2, -0.15) is 0 Å². The summed E-state index contributed by atoms with van der Waals surface area (Å²) >= 11 is 0. The number of amides is 1. The molecular formula is C17H23N3O2. The van der Waals surface area contributed by atoms with E-state index in [-0.39, 0.29) is 11.7 Å². The van der Waals surface area contributed by atoms with E-state index < -0.39 is 0 Å². The van der Waals surface area contributed by atoms with E-state index in [1.807, 2.05) is 50.4 Å². The highest BCUT2D eigenvalue weighted by Gasteiger charge is 2.12. The van der Waals surface area contributed by atoms with Crippen LogP contribution in [0.5, 0.6) is 0 Å². The molecule has 1 atom stereocenters. The molecule has 5 heteroatoms. The minimum absolute atomic E-state index is 0.0421. The number of hydrogen-bond acceptors (Lipinski definition) is 2. The lowest BCUT2D eigenvalue weighted by atomic mass is 10.2. The fourth-order valence-electron chi connectivity index (χ4n) is 2.50. The van der Waals surface area contributed by atoms with E-state index >= 15 is 0 Å². The molecule has 2 rings (SSSR count). The lowest BCUT2D eigenvalue weighted by molar-refractivity contribution is -0.118. The molecular weight excluding hydrogens is 278 g/mol. The summed E-state index contributed by atoms with van der Waals surface area (Å²) in [5.74, 6) is 0. The van der Waals surface area contributed by atoms with Crippen LogP contribution >= 0.6 is 0 Å². The largest absolute Gasteiger partial charge is 0.345 e. The van der Waals surface area contributed by atoms with Crippen LogP contribution in [0, 0.1) is 0 Å². The Morgan fingerprint density at radius 1 is 1.27 bits per heavy atom. The number of carbonyl (C=O) groups excluding carboxylic acids is 1. The van der Waals surface area contributed by atoms with E-state index in [4.69, 9.17) is 0 Å². The second kappa shape index (κ2) is 7.64. The third kappa shape index (κ3) is 3.87. The van der Waals surface area contributed by atoms with Gasteiger partial charge in [0.15, 0.2) is 0 Å². The molecule has 0 bridgehead atoms. The van der Waals surface area contributed by atoms with Gasteiger partial charge in [-0.1, -0.05) is 37.3 Å². The molecule has 0 aliphatic carbocycles. The normalized spacial score (nSPS) is 12.1. The second-order valence-electron chi connectivity index (χ2n) is 5.53. The third-order valence-corrected chi connectivity index (χ3v) is 3.80. The molecule has 1 amide bonds. The number of hydrogen-bond donors (Lipinski definition) is 1. The van der Waals surface area contributed by atoms with Crippen LogP contribution in [0.25, 0.3) is 11.3 Å². The summed E-state index contributed by atoms with van der Waals surface area (Å²) in [7, 11) is 0. The van der Waals surface area contributed by atoms with Crippen molar-refractivity contribution in [3.8, 4) is 11.3 Å². The first-order valence-corrected chi connectivity index (χ1v) is 7.71. The van der Waals surface area contributed by atoms with Gasteiger partial charge in [0.1, 0.15) is 0 Å². The van der Waals surface area contributed by atoms with Gasteiger partial charge in [-0.15, -0.1) is 0 Å². The van der Waals surface area contributed by atoms with E-state index in [9.17, 15) is 9.59 Å². The molecule has 1 aromatic heterocycles. The van der Waals surface area contributed by atoms with Gasteiger partial charge >= 0.3 is 5.69 Å². The van der Waals surface area contributed by atoms with E-state index in [1.165, 1.54) is 0 Å². The Balaban J connectivity index is 2.07. The van der Waals surface area contributed by atoms with Crippen LogP contribution in [0.4, 0.5) is 0 Å². The number of aromatic nitrogens is 2. The number of benzene rings is 1.